The maximum atomic E-state index is 4.00. The largest absolute Gasteiger partial charge is 0.249 e. The van der Waals surface area contributed by atoms with E-state index in [1.165, 1.54) is 0 Å². The molecule has 0 fully saturated rings. The van der Waals surface area contributed by atoms with Crippen molar-refractivity contribution in [1.82, 2.24) is 4.98 Å². The van der Waals surface area contributed by atoms with Gasteiger partial charge in [-0.1, -0.05) is 6.92 Å². The van der Waals surface area contributed by atoms with E-state index in [4.69, 9.17) is 0 Å². The SMILES string of the molecule is C[CH]c1nccs1. The third-order valence-electron chi connectivity index (χ3n) is 0.698. The molecule has 1 aromatic rings. The zero-order valence-electron chi connectivity index (χ0n) is 4.09. The highest BCUT2D eigenvalue weighted by Crippen LogP contribution is 2.04. The summed E-state index contributed by atoms with van der Waals surface area (Å²) in [6.45, 7) is 1.98. The monoisotopic (exact) mass is 112 g/mol. The van der Waals surface area contributed by atoms with Crippen LogP contribution in [0.3, 0.4) is 0 Å². The molecule has 2 heteroatoms. The molecule has 1 rings (SSSR count). The normalized spacial score (nSPS) is 9.29. The lowest BCUT2D eigenvalue weighted by Crippen LogP contribution is -1.67. The molecule has 0 aliphatic heterocycles. The first kappa shape index (κ1) is 4.78. The van der Waals surface area contributed by atoms with Gasteiger partial charge >= 0.3 is 0 Å². The minimum Gasteiger partial charge on any atom is -0.249 e. The van der Waals surface area contributed by atoms with Gasteiger partial charge in [0.05, 0.1) is 5.01 Å². The average Bonchev–Trinajstić information content (AvgIpc) is 2.14. The van der Waals surface area contributed by atoms with Crippen LogP contribution < -0.4 is 0 Å². The average molecular weight is 112 g/mol. The molecule has 1 radical (unpaired) electrons. The Morgan fingerprint density at radius 2 is 2.71 bits per heavy atom. The molecular formula is C5H6NS. The van der Waals surface area contributed by atoms with E-state index in [-0.39, 0.29) is 0 Å². The van der Waals surface area contributed by atoms with Crippen molar-refractivity contribution in [3.05, 3.63) is 23.0 Å². The Bertz CT molecular complexity index is 123. The molecule has 0 N–H and O–H groups in total. The third-order valence-corrected chi connectivity index (χ3v) is 1.54. The summed E-state index contributed by atoms with van der Waals surface area (Å²) in [6.07, 6.45) is 3.80. The Morgan fingerprint density at radius 3 is 3.00 bits per heavy atom. The van der Waals surface area contributed by atoms with E-state index in [0.29, 0.717) is 0 Å². The number of hydrogen-bond acceptors (Lipinski definition) is 2. The lowest BCUT2D eigenvalue weighted by atomic mass is 10.5. The number of nitrogens with zero attached hydrogens (tertiary/aromatic N) is 1. The second kappa shape index (κ2) is 2.07. The fourth-order valence-corrected chi connectivity index (χ4v) is 0.896. The van der Waals surface area contributed by atoms with E-state index in [9.17, 15) is 0 Å². The van der Waals surface area contributed by atoms with E-state index in [1.54, 1.807) is 17.5 Å². The van der Waals surface area contributed by atoms with Crippen molar-refractivity contribution >= 4 is 11.3 Å². The minimum absolute atomic E-state index is 1.10. The predicted molar refractivity (Wildman–Crippen MR) is 31.2 cm³/mol. The van der Waals surface area contributed by atoms with Crippen LogP contribution in [0, 0.1) is 6.42 Å². The summed E-state index contributed by atoms with van der Waals surface area (Å²) in [5, 5.41) is 3.06. The number of rotatable bonds is 1. The molecule has 0 aromatic carbocycles. The van der Waals surface area contributed by atoms with Crippen molar-refractivity contribution in [3.8, 4) is 0 Å². The van der Waals surface area contributed by atoms with Crippen LogP contribution >= 0.6 is 11.3 Å². The number of thiazole rings is 1. The molecular weight excluding hydrogens is 106 g/mol. The van der Waals surface area contributed by atoms with Crippen LogP contribution in [0.2, 0.25) is 0 Å². The molecule has 1 aromatic heterocycles. The van der Waals surface area contributed by atoms with Crippen LogP contribution in [-0.2, 0) is 0 Å². The Balaban J connectivity index is 2.76. The summed E-state index contributed by atoms with van der Waals surface area (Å²) in [6, 6.07) is 0. The van der Waals surface area contributed by atoms with Gasteiger partial charge in [0.15, 0.2) is 0 Å². The first-order valence-corrected chi connectivity index (χ1v) is 3.00. The Hall–Kier alpha value is -0.370. The van der Waals surface area contributed by atoms with Crippen molar-refractivity contribution in [2.45, 2.75) is 6.92 Å². The van der Waals surface area contributed by atoms with Gasteiger partial charge in [-0.15, -0.1) is 11.3 Å². The summed E-state index contributed by atoms with van der Waals surface area (Å²) < 4.78 is 0. The predicted octanol–water partition coefficient (Wildman–Crippen LogP) is 1.72. The molecule has 37 valence electrons. The van der Waals surface area contributed by atoms with Gasteiger partial charge in [-0.25, -0.2) is 4.98 Å². The summed E-state index contributed by atoms with van der Waals surface area (Å²) in [5.74, 6) is 0. The van der Waals surface area contributed by atoms with Gasteiger partial charge in [-0.3, -0.25) is 0 Å². The first-order chi connectivity index (χ1) is 3.43. The smallest absolute Gasteiger partial charge is 0.0959 e. The molecule has 7 heavy (non-hydrogen) atoms. The van der Waals surface area contributed by atoms with Gasteiger partial charge in [0.25, 0.3) is 0 Å². The summed E-state index contributed by atoms with van der Waals surface area (Å²) in [5.41, 5.74) is 0. The quantitative estimate of drug-likeness (QED) is 0.539. The van der Waals surface area contributed by atoms with Gasteiger partial charge in [-0.2, -0.15) is 0 Å². The number of aromatic nitrogens is 1. The zero-order valence-corrected chi connectivity index (χ0v) is 4.90. The van der Waals surface area contributed by atoms with Crippen molar-refractivity contribution in [2.24, 2.45) is 0 Å². The number of hydrogen-bond donors (Lipinski definition) is 0. The van der Waals surface area contributed by atoms with Crippen molar-refractivity contribution in [1.29, 1.82) is 0 Å². The second-order valence-electron chi connectivity index (χ2n) is 1.16. The van der Waals surface area contributed by atoms with Gasteiger partial charge in [0.2, 0.25) is 0 Å². The highest BCUT2D eigenvalue weighted by atomic mass is 32.1. The van der Waals surface area contributed by atoms with Crippen molar-refractivity contribution < 1.29 is 0 Å². The Morgan fingerprint density at radius 1 is 1.86 bits per heavy atom. The summed E-state index contributed by atoms with van der Waals surface area (Å²) in [4.78, 5) is 4.00. The van der Waals surface area contributed by atoms with Gasteiger partial charge in [0, 0.05) is 18.0 Å². The molecule has 0 spiro atoms. The van der Waals surface area contributed by atoms with E-state index in [2.05, 4.69) is 4.98 Å². The van der Waals surface area contributed by atoms with Crippen LogP contribution in [0.1, 0.15) is 11.9 Å². The molecule has 1 heterocycles. The zero-order chi connectivity index (χ0) is 5.11. The van der Waals surface area contributed by atoms with E-state index in [1.807, 2.05) is 18.7 Å². The molecule has 0 saturated heterocycles. The fraction of sp³-hybridized carbons (Fsp3) is 0.200. The minimum atomic E-state index is 1.10. The first-order valence-electron chi connectivity index (χ1n) is 2.12. The molecule has 0 saturated carbocycles. The van der Waals surface area contributed by atoms with Crippen LogP contribution in [0.4, 0.5) is 0 Å². The fourth-order valence-electron chi connectivity index (χ4n) is 0.377. The Kier molecular flexibility index (Phi) is 1.42. The van der Waals surface area contributed by atoms with E-state index in [0.717, 1.165) is 5.01 Å². The van der Waals surface area contributed by atoms with E-state index < -0.39 is 0 Å². The van der Waals surface area contributed by atoms with Crippen LogP contribution in [0.25, 0.3) is 0 Å². The third kappa shape index (κ3) is 0.996. The molecule has 0 unspecified atom stereocenters. The van der Waals surface area contributed by atoms with Crippen molar-refractivity contribution in [3.63, 3.8) is 0 Å². The standard InChI is InChI=1S/C5H6NS/c1-2-5-6-3-4-7-5/h2-4H,1H3. The maximum Gasteiger partial charge on any atom is 0.0959 e. The lowest BCUT2D eigenvalue weighted by Gasteiger charge is -1.76. The van der Waals surface area contributed by atoms with Crippen LogP contribution in [-0.4, -0.2) is 4.98 Å². The summed E-state index contributed by atoms with van der Waals surface area (Å²) >= 11 is 1.66. The molecule has 1 nitrogen and oxygen atoms in total. The van der Waals surface area contributed by atoms with Crippen LogP contribution in [0.15, 0.2) is 11.6 Å². The van der Waals surface area contributed by atoms with Crippen molar-refractivity contribution in [2.75, 3.05) is 0 Å². The molecule has 0 atom stereocenters. The summed E-state index contributed by atoms with van der Waals surface area (Å²) in [7, 11) is 0. The lowest BCUT2D eigenvalue weighted by molar-refractivity contribution is 1.29. The topological polar surface area (TPSA) is 12.9 Å². The Labute approximate surface area is 47.0 Å². The highest BCUT2D eigenvalue weighted by Gasteiger charge is 1.85. The van der Waals surface area contributed by atoms with Gasteiger partial charge in [-0.05, 0) is 0 Å². The highest BCUT2D eigenvalue weighted by molar-refractivity contribution is 7.09. The maximum absolute atomic E-state index is 4.00. The van der Waals surface area contributed by atoms with Gasteiger partial charge in [0.1, 0.15) is 0 Å². The van der Waals surface area contributed by atoms with E-state index >= 15 is 0 Å². The van der Waals surface area contributed by atoms with Gasteiger partial charge < -0.3 is 0 Å². The van der Waals surface area contributed by atoms with Crippen LogP contribution in [0.5, 0.6) is 0 Å². The molecule has 0 amide bonds. The molecule has 0 bridgehead atoms. The second-order valence-corrected chi connectivity index (χ2v) is 2.09. The molecule has 0 aliphatic carbocycles. The molecule has 0 aliphatic rings.